The maximum Gasteiger partial charge on any atom is 0.197 e. The fraction of sp³-hybridized carbons (Fsp3) is 0.0952. The maximum atomic E-state index is 12.3. The quantitative estimate of drug-likeness (QED) is 0.446. The molecule has 122 valence electrons. The van der Waals surface area contributed by atoms with Crippen LogP contribution in [0.5, 0.6) is 0 Å². The van der Waals surface area contributed by atoms with Gasteiger partial charge in [-0.25, -0.2) is 0 Å². The number of carbonyl (C=O) groups is 2. The summed E-state index contributed by atoms with van der Waals surface area (Å²) >= 11 is 0. The van der Waals surface area contributed by atoms with Gasteiger partial charge < -0.3 is 5.32 Å². The summed E-state index contributed by atoms with van der Waals surface area (Å²) in [6.45, 7) is 0.621. The molecule has 1 aliphatic rings. The Kier molecular flexibility index (Phi) is 3.86. The highest BCUT2D eigenvalue weighted by Gasteiger charge is 2.31. The van der Waals surface area contributed by atoms with Crippen molar-refractivity contribution < 1.29 is 9.59 Å². The second-order valence-corrected chi connectivity index (χ2v) is 5.92. The largest absolute Gasteiger partial charge is 0.383 e. The molecule has 0 saturated heterocycles. The molecule has 3 aromatic rings. The summed E-state index contributed by atoms with van der Waals surface area (Å²) in [6.07, 6.45) is 4.09. The molecule has 0 atom stereocenters. The van der Waals surface area contributed by atoms with Gasteiger partial charge in [0.15, 0.2) is 11.6 Å². The molecule has 0 bridgehead atoms. The number of para-hydroxylation sites is 1. The molecule has 1 aromatic heterocycles. The molecule has 1 aliphatic carbocycles. The molecule has 4 nitrogen and oxygen atoms in total. The third kappa shape index (κ3) is 2.72. The van der Waals surface area contributed by atoms with E-state index in [0.717, 1.165) is 16.6 Å². The molecule has 4 rings (SSSR count). The number of fused-ring (bicyclic) bond motifs is 2. The van der Waals surface area contributed by atoms with E-state index in [1.54, 1.807) is 36.5 Å². The van der Waals surface area contributed by atoms with E-state index >= 15 is 0 Å². The van der Waals surface area contributed by atoms with Crippen molar-refractivity contribution >= 4 is 28.2 Å². The lowest BCUT2D eigenvalue weighted by Gasteiger charge is -2.07. The third-order valence-corrected chi connectivity index (χ3v) is 4.35. The van der Waals surface area contributed by atoms with Crippen molar-refractivity contribution in [2.75, 3.05) is 11.9 Å². The topological polar surface area (TPSA) is 59.1 Å². The van der Waals surface area contributed by atoms with Crippen molar-refractivity contribution in [1.82, 2.24) is 4.98 Å². The second-order valence-electron chi connectivity index (χ2n) is 5.92. The number of nitrogens with one attached hydrogen (secondary N) is 1. The molecule has 2 aromatic carbocycles. The molecule has 1 N–H and O–H groups in total. The summed E-state index contributed by atoms with van der Waals surface area (Å²) in [7, 11) is 0. The van der Waals surface area contributed by atoms with Crippen LogP contribution < -0.4 is 5.32 Å². The minimum atomic E-state index is -0.174. The van der Waals surface area contributed by atoms with Crippen LogP contribution in [0.1, 0.15) is 27.1 Å². The molecule has 1 heterocycles. The predicted octanol–water partition coefficient (Wildman–Crippen LogP) is 4.04. The first-order valence-electron chi connectivity index (χ1n) is 8.22. The number of aromatic nitrogens is 1. The summed E-state index contributed by atoms with van der Waals surface area (Å²) in [6, 6.07) is 16.9. The Bertz CT molecular complexity index is 979. The van der Waals surface area contributed by atoms with Crippen molar-refractivity contribution in [2.45, 2.75) is 6.42 Å². The van der Waals surface area contributed by atoms with E-state index in [-0.39, 0.29) is 17.1 Å². The maximum absolute atomic E-state index is 12.3. The third-order valence-electron chi connectivity index (χ3n) is 4.35. The van der Waals surface area contributed by atoms with Gasteiger partial charge in [0.2, 0.25) is 0 Å². The lowest BCUT2D eigenvalue weighted by atomic mass is 10.1. The van der Waals surface area contributed by atoms with Crippen LogP contribution in [0.4, 0.5) is 5.69 Å². The summed E-state index contributed by atoms with van der Waals surface area (Å²) in [5, 5.41) is 4.40. The molecule has 0 saturated carbocycles. The van der Waals surface area contributed by atoms with Crippen molar-refractivity contribution in [3.63, 3.8) is 0 Å². The lowest BCUT2D eigenvalue weighted by Crippen LogP contribution is -2.05. The van der Waals surface area contributed by atoms with Crippen LogP contribution in [0.3, 0.4) is 0 Å². The zero-order valence-corrected chi connectivity index (χ0v) is 13.5. The van der Waals surface area contributed by atoms with Gasteiger partial charge in [0.1, 0.15) is 0 Å². The van der Waals surface area contributed by atoms with Crippen LogP contribution >= 0.6 is 0 Å². The van der Waals surface area contributed by atoms with E-state index in [1.807, 2.05) is 30.3 Å². The van der Waals surface area contributed by atoms with Gasteiger partial charge >= 0.3 is 0 Å². The number of rotatable bonds is 4. The monoisotopic (exact) mass is 328 g/mol. The fourth-order valence-corrected chi connectivity index (χ4v) is 3.13. The van der Waals surface area contributed by atoms with E-state index < -0.39 is 0 Å². The van der Waals surface area contributed by atoms with Crippen molar-refractivity contribution in [1.29, 1.82) is 0 Å². The van der Waals surface area contributed by atoms with E-state index in [2.05, 4.69) is 10.3 Å². The number of nitrogens with zero attached hydrogens (tertiary/aromatic N) is 1. The van der Waals surface area contributed by atoms with Gasteiger partial charge in [-0.05, 0) is 18.6 Å². The molecule has 0 radical (unpaired) electrons. The van der Waals surface area contributed by atoms with Gasteiger partial charge in [-0.1, -0.05) is 48.5 Å². The number of ketones is 2. The normalized spacial score (nSPS) is 13.2. The van der Waals surface area contributed by atoms with Gasteiger partial charge in [-0.3, -0.25) is 14.6 Å². The number of carbonyl (C=O) groups excluding carboxylic acids is 2. The number of pyridine rings is 1. The summed E-state index contributed by atoms with van der Waals surface area (Å²) in [4.78, 5) is 29.1. The lowest BCUT2D eigenvalue weighted by molar-refractivity contribution is 0.0988. The Morgan fingerprint density at radius 2 is 1.60 bits per heavy atom. The number of Topliss-reactive ketones (excluding diaryl/α,β-unsaturated/α-hetero) is 2. The molecule has 0 fully saturated rings. The van der Waals surface area contributed by atoms with Crippen LogP contribution in [0, 0.1) is 0 Å². The van der Waals surface area contributed by atoms with Crippen molar-refractivity contribution in [2.24, 2.45) is 0 Å². The van der Waals surface area contributed by atoms with Crippen molar-refractivity contribution in [3.05, 3.63) is 83.6 Å². The molecule has 0 spiro atoms. The Morgan fingerprint density at radius 1 is 0.880 bits per heavy atom. The standard InChI is InChI=1S/C21H16N2O2/c24-20-15-8-1-2-9-16(15)21(25)17(20)10-5-12-22-18-11-3-6-14-7-4-13-23-19(14)18/h1-4,6-11,13,22H,5,12H2. The smallest absolute Gasteiger partial charge is 0.197 e. The average molecular weight is 328 g/mol. The molecule has 0 unspecified atom stereocenters. The number of allylic oxidation sites excluding steroid dienone is 1. The Morgan fingerprint density at radius 3 is 2.36 bits per heavy atom. The zero-order chi connectivity index (χ0) is 17.2. The molecule has 4 heteroatoms. The highest BCUT2D eigenvalue weighted by atomic mass is 16.2. The van der Waals surface area contributed by atoms with E-state index in [9.17, 15) is 9.59 Å². The second kappa shape index (κ2) is 6.32. The van der Waals surface area contributed by atoms with Crippen LogP contribution in [-0.2, 0) is 0 Å². The van der Waals surface area contributed by atoms with Gasteiger partial charge in [0.05, 0.1) is 16.8 Å². The van der Waals surface area contributed by atoms with Crippen molar-refractivity contribution in [3.8, 4) is 0 Å². The van der Waals surface area contributed by atoms with Gasteiger partial charge in [0, 0.05) is 29.3 Å². The minimum absolute atomic E-state index is 0.174. The van der Waals surface area contributed by atoms with Crippen LogP contribution in [0.25, 0.3) is 10.9 Å². The van der Waals surface area contributed by atoms with E-state index in [0.29, 0.717) is 24.1 Å². The first kappa shape index (κ1) is 15.3. The number of hydrogen-bond donors (Lipinski definition) is 1. The first-order valence-corrected chi connectivity index (χ1v) is 8.22. The predicted molar refractivity (Wildman–Crippen MR) is 98.0 cm³/mol. The fourth-order valence-electron chi connectivity index (χ4n) is 3.13. The SMILES string of the molecule is O=C1C(=CCCNc2cccc3cccnc23)C(=O)c2ccccc21. The number of anilines is 1. The zero-order valence-electron chi connectivity index (χ0n) is 13.5. The van der Waals surface area contributed by atoms with Crippen LogP contribution in [0.2, 0.25) is 0 Å². The van der Waals surface area contributed by atoms with Gasteiger partial charge in [-0.15, -0.1) is 0 Å². The highest BCUT2D eigenvalue weighted by Crippen LogP contribution is 2.26. The average Bonchev–Trinajstić information content (AvgIpc) is 2.90. The van der Waals surface area contributed by atoms with Crippen LogP contribution in [-0.4, -0.2) is 23.1 Å². The number of benzene rings is 2. The molecule has 25 heavy (non-hydrogen) atoms. The molecule has 0 amide bonds. The van der Waals surface area contributed by atoms with Gasteiger partial charge in [0.25, 0.3) is 0 Å². The molecular formula is C21H16N2O2. The van der Waals surface area contributed by atoms with Crippen LogP contribution in [0.15, 0.2) is 72.4 Å². The Balaban J connectivity index is 1.47. The van der Waals surface area contributed by atoms with Gasteiger partial charge in [-0.2, -0.15) is 0 Å². The number of hydrogen-bond acceptors (Lipinski definition) is 4. The summed E-state index contributed by atoms with van der Waals surface area (Å²) in [5.74, 6) is -0.347. The Hall–Kier alpha value is -3.27. The molecule has 0 aliphatic heterocycles. The first-order chi connectivity index (χ1) is 12.3. The van der Waals surface area contributed by atoms with E-state index in [1.165, 1.54) is 0 Å². The van der Waals surface area contributed by atoms with E-state index in [4.69, 9.17) is 0 Å². The summed E-state index contributed by atoms with van der Waals surface area (Å²) < 4.78 is 0. The Labute approximate surface area is 145 Å². The highest BCUT2D eigenvalue weighted by molar-refractivity contribution is 6.39. The molecular weight excluding hydrogens is 312 g/mol. The minimum Gasteiger partial charge on any atom is -0.383 e. The summed E-state index contributed by atoms with van der Waals surface area (Å²) in [5.41, 5.74) is 3.15.